The van der Waals surface area contributed by atoms with Crippen LogP contribution < -0.4 is 11.1 Å². The predicted octanol–water partition coefficient (Wildman–Crippen LogP) is 1.94. The van der Waals surface area contributed by atoms with Crippen LogP contribution in [0.2, 0.25) is 0 Å². The van der Waals surface area contributed by atoms with Crippen molar-refractivity contribution < 1.29 is 23.9 Å². The number of esters is 1. The molecule has 0 aromatic heterocycles. The maximum Gasteiger partial charge on any atom is 0.408 e. The maximum atomic E-state index is 12.4. The van der Waals surface area contributed by atoms with Crippen molar-refractivity contribution >= 4 is 18.0 Å². The molecule has 7 nitrogen and oxygen atoms in total. The lowest BCUT2D eigenvalue weighted by molar-refractivity contribution is -0.155. The van der Waals surface area contributed by atoms with Gasteiger partial charge in [0.2, 0.25) is 0 Å². The summed E-state index contributed by atoms with van der Waals surface area (Å²) in [6, 6.07) is 17.2. The largest absolute Gasteiger partial charge is 0.451 e. The summed E-state index contributed by atoms with van der Waals surface area (Å²) in [4.78, 5) is 35.6. The van der Waals surface area contributed by atoms with Gasteiger partial charge in [0, 0.05) is 6.42 Å². The Morgan fingerprint density at radius 3 is 2.07 bits per heavy atom. The van der Waals surface area contributed by atoms with Crippen LogP contribution in [-0.4, -0.2) is 30.1 Å². The van der Waals surface area contributed by atoms with Crippen molar-refractivity contribution in [1.29, 1.82) is 0 Å². The third-order valence-corrected chi connectivity index (χ3v) is 3.77. The number of carbonyl (C=O) groups is 3. The van der Waals surface area contributed by atoms with Crippen molar-refractivity contribution in [2.75, 3.05) is 0 Å². The smallest absolute Gasteiger partial charge is 0.408 e. The fourth-order valence-electron chi connectivity index (χ4n) is 2.26. The third kappa shape index (κ3) is 6.81. The van der Waals surface area contributed by atoms with Gasteiger partial charge in [-0.25, -0.2) is 9.59 Å². The summed E-state index contributed by atoms with van der Waals surface area (Å²) >= 11 is 0. The van der Waals surface area contributed by atoms with Crippen LogP contribution in [0.3, 0.4) is 0 Å². The van der Waals surface area contributed by atoms with Gasteiger partial charge in [-0.2, -0.15) is 0 Å². The zero-order chi connectivity index (χ0) is 19.6. The molecule has 2 aromatic carbocycles. The number of nitrogens with two attached hydrogens (primary N) is 1. The standard InChI is InChI=1S/C20H22N2O5/c1-14(18(21)23)27-19(24)17(12-15-8-4-2-5-9-15)22-20(25)26-13-16-10-6-3-7-11-16/h2-11,14,17H,12-13H2,1H3,(H2,21,23)(H,22,25)/t14-,17+/m1/s1. The number of rotatable bonds is 8. The van der Waals surface area contributed by atoms with Crippen LogP contribution >= 0.6 is 0 Å². The molecule has 2 amide bonds. The first kappa shape index (κ1) is 20.0. The molecule has 0 spiro atoms. The monoisotopic (exact) mass is 370 g/mol. The number of hydrogen-bond acceptors (Lipinski definition) is 5. The predicted molar refractivity (Wildman–Crippen MR) is 98.4 cm³/mol. The molecule has 0 radical (unpaired) electrons. The van der Waals surface area contributed by atoms with Crippen molar-refractivity contribution in [3.63, 3.8) is 0 Å². The number of hydrogen-bond donors (Lipinski definition) is 2. The molecule has 2 rings (SSSR count). The van der Waals surface area contributed by atoms with Gasteiger partial charge in [0.15, 0.2) is 6.10 Å². The second-order valence-electron chi connectivity index (χ2n) is 5.93. The Morgan fingerprint density at radius 1 is 0.963 bits per heavy atom. The zero-order valence-corrected chi connectivity index (χ0v) is 15.0. The minimum atomic E-state index is -1.10. The molecule has 0 aliphatic rings. The number of nitrogens with one attached hydrogen (secondary N) is 1. The first-order chi connectivity index (χ1) is 13.0. The highest BCUT2D eigenvalue weighted by Crippen LogP contribution is 2.07. The Balaban J connectivity index is 2.00. The molecule has 2 atom stereocenters. The second-order valence-corrected chi connectivity index (χ2v) is 5.93. The molecule has 0 aliphatic carbocycles. The molecule has 3 N–H and O–H groups in total. The van der Waals surface area contributed by atoms with E-state index in [0.29, 0.717) is 0 Å². The highest BCUT2D eigenvalue weighted by molar-refractivity contribution is 5.85. The fraction of sp³-hybridized carbons (Fsp3) is 0.250. The average Bonchev–Trinajstić information content (AvgIpc) is 2.67. The van der Waals surface area contributed by atoms with E-state index in [1.165, 1.54) is 6.92 Å². The van der Waals surface area contributed by atoms with Crippen LogP contribution in [0.25, 0.3) is 0 Å². The molecule has 2 aromatic rings. The number of alkyl carbamates (subject to hydrolysis) is 1. The average molecular weight is 370 g/mol. The molecule has 7 heteroatoms. The van der Waals surface area contributed by atoms with Crippen molar-refractivity contribution in [1.82, 2.24) is 5.32 Å². The molecule has 0 saturated heterocycles. The fourth-order valence-corrected chi connectivity index (χ4v) is 2.26. The topological polar surface area (TPSA) is 108 Å². The molecule has 27 heavy (non-hydrogen) atoms. The van der Waals surface area contributed by atoms with Crippen molar-refractivity contribution in [3.8, 4) is 0 Å². The summed E-state index contributed by atoms with van der Waals surface area (Å²) < 4.78 is 10.2. The van der Waals surface area contributed by atoms with Crippen molar-refractivity contribution in [2.24, 2.45) is 5.73 Å². The normalized spacial score (nSPS) is 12.5. The van der Waals surface area contributed by atoms with Crippen molar-refractivity contribution in [2.45, 2.75) is 32.1 Å². The molecule has 0 fully saturated rings. The van der Waals surface area contributed by atoms with Gasteiger partial charge in [0.1, 0.15) is 12.6 Å². The molecule has 0 saturated carbocycles. The van der Waals surface area contributed by atoms with Gasteiger partial charge in [0.05, 0.1) is 0 Å². The molecule has 0 unspecified atom stereocenters. The van der Waals surface area contributed by atoms with E-state index in [-0.39, 0.29) is 13.0 Å². The van der Waals surface area contributed by atoms with Gasteiger partial charge in [0.25, 0.3) is 5.91 Å². The third-order valence-electron chi connectivity index (χ3n) is 3.77. The van der Waals surface area contributed by atoms with Gasteiger partial charge in [-0.15, -0.1) is 0 Å². The summed E-state index contributed by atoms with van der Waals surface area (Å²) in [5, 5.41) is 2.49. The van der Waals surface area contributed by atoms with E-state index in [1.807, 2.05) is 60.7 Å². The van der Waals surface area contributed by atoms with E-state index in [9.17, 15) is 14.4 Å². The summed E-state index contributed by atoms with van der Waals surface area (Å²) in [6.07, 6.45) is -1.67. The van der Waals surface area contributed by atoms with Crippen LogP contribution in [-0.2, 0) is 32.1 Å². The maximum absolute atomic E-state index is 12.4. The van der Waals surface area contributed by atoms with E-state index in [2.05, 4.69) is 5.32 Å². The Labute approximate surface area is 157 Å². The van der Waals surface area contributed by atoms with E-state index in [1.54, 1.807) is 0 Å². The van der Waals surface area contributed by atoms with E-state index < -0.39 is 30.1 Å². The van der Waals surface area contributed by atoms with E-state index >= 15 is 0 Å². The Kier molecular flexibility index (Phi) is 7.37. The Hall–Kier alpha value is -3.35. The lowest BCUT2D eigenvalue weighted by atomic mass is 10.1. The van der Waals surface area contributed by atoms with Crippen LogP contribution in [0.4, 0.5) is 4.79 Å². The van der Waals surface area contributed by atoms with Crippen LogP contribution in [0, 0.1) is 0 Å². The Morgan fingerprint density at radius 2 is 1.52 bits per heavy atom. The van der Waals surface area contributed by atoms with Crippen molar-refractivity contribution in [3.05, 3.63) is 71.8 Å². The first-order valence-electron chi connectivity index (χ1n) is 8.46. The molecular formula is C20H22N2O5. The lowest BCUT2D eigenvalue weighted by Gasteiger charge is -2.19. The summed E-state index contributed by atoms with van der Waals surface area (Å²) in [7, 11) is 0. The van der Waals surface area contributed by atoms with Crippen LogP contribution in [0.1, 0.15) is 18.1 Å². The summed E-state index contributed by atoms with van der Waals surface area (Å²) in [5.41, 5.74) is 6.75. The first-order valence-corrected chi connectivity index (χ1v) is 8.46. The molecule has 0 aliphatic heterocycles. The summed E-state index contributed by atoms with van der Waals surface area (Å²) in [6.45, 7) is 1.44. The number of primary amides is 1. The van der Waals surface area contributed by atoms with Crippen LogP contribution in [0.15, 0.2) is 60.7 Å². The molecule has 0 bridgehead atoms. The van der Waals surface area contributed by atoms with E-state index in [4.69, 9.17) is 15.2 Å². The van der Waals surface area contributed by atoms with Gasteiger partial charge >= 0.3 is 12.1 Å². The highest BCUT2D eigenvalue weighted by Gasteiger charge is 2.26. The molecular weight excluding hydrogens is 348 g/mol. The molecule has 142 valence electrons. The van der Waals surface area contributed by atoms with Gasteiger partial charge in [-0.3, -0.25) is 4.79 Å². The number of benzene rings is 2. The van der Waals surface area contributed by atoms with Gasteiger partial charge < -0.3 is 20.5 Å². The number of carbonyl (C=O) groups excluding carboxylic acids is 3. The minimum absolute atomic E-state index is 0.0669. The Bertz CT molecular complexity index is 764. The summed E-state index contributed by atoms with van der Waals surface area (Å²) in [5.74, 6) is -1.53. The highest BCUT2D eigenvalue weighted by atomic mass is 16.6. The SMILES string of the molecule is C[C@@H](OC(=O)[C@H](Cc1ccccc1)NC(=O)OCc1ccccc1)C(N)=O. The van der Waals surface area contributed by atoms with Crippen LogP contribution in [0.5, 0.6) is 0 Å². The molecule has 0 heterocycles. The second kappa shape index (κ2) is 9.96. The van der Waals surface area contributed by atoms with E-state index in [0.717, 1.165) is 11.1 Å². The number of amides is 2. The quantitative estimate of drug-likeness (QED) is 0.691. The zero-order valence-electron chi connectivity index (χ0n) is 15.0. The lowest BCUT2D eigenvalue weighted by Crippen LogP contribution is -2.45. The number of ether oxygens (including phenoxy) is 2. The van der Waals surface area contributed by atoms with Gasteiger partial charge in [-0.05, 0) is 18.1 Å². The minimum Gasteiger partial charge on any atom is -0.451 e. The van der Waals surface area contributed by atoms with Gasteiger partial charge in [-0.1, -0.05) is 60.7 Å².